The van der Waals surface area contributed by atoms with Crippen LogP contribution in [0.5, 0.6) is 5.75 Å². The molecule has 0 fully saturated rings. The number of esters is 1. The summed E-state index contributed by atoms with van der Waals surface area (Å²) in [5.41, 5.74) is 1.19. The van der Waals surface area contributed by atoms with E-state index in [1.807, 2.05) is 36.4 Å². The van der Waals surface area contributed by atoms with Gasteiger partial charge in [0.2, 0.25) is 5.78 Å². The number of nitrogens with zero attached hydrogens (tertiary/aromatic N) is 1. The molecule has 0 radical (unpaired) electrons. The number of thioether (sulfide) groups is 1. The van der Waals surface area contributed by atoms with Crippen LogP contribution in [-0.2, 0) is 24.0 Å². The molecule has 0 saturated carbocycles. The Hall–Kier alpha value is -3.43. The number of oxime groups is 1. The summed E-state index contributed by atoms with van der Waals surface area (Å²) in [4.78, 5) is 41.2. The Morgan fingerprint density at radius 2 is 1.89 bits per heavy atom. The van der Waals surface area contributed by atoms with Crippen molar-refractivity contribution in [1.82, 2.24) is 0 Å². The van der Waals surface area contributed by atoms with E-state index in [1.165, 1.54) is 13.8 Å². The maximum absolute atomic E-state index is 12.4. The normalized spacial score (nSPS) is 18.4. The molecule has 1 N–H and O–H groups in total. The van der Waals surface area contributed by atoms with Gasteiger partial charge in [0.25, 0.3) is 0 Å². The second-order valence-electron chi connectivity index (χ2n) is 8.20. The van der Waals surface area contributed by atoms with E-state index in [2.05, 4.69) is 9.99 Å². The maximum Gasteiger partial charge on any atom is 0.334 e. The predicted molar refractivity (Wildman–Crippen MR) is 137 cm³/mol. The molecule has 190 valence electrons. The van der Waals surface area contributed by atoms with E-state index in [0.29, 0.717) is 36.2 Å². The Labute approximate surface area is 214 Å². The molecule has 1 aromatic carbocycles. The van der Waals surface area contributed by atoms with Gasteiger partial charge in [-0.3, -0.25) is 4.79 Å². The first kappa shape index (κ1) is 27.2. The largest absolute Gasteiger partial charge is 0.491 e. The molecule has 2 atom stereocenters. The van der Waals surface area contributed by atoms with Gasteiger partial charge in [-0.05, 0) is 43.2 Å². The van der Waals surface area contributed by atoms with Crippen LogP contribution < -0.4 is 4.74 Å². The average molecular weight is 512 g/mol. The molecular weight excluding hydrogens is 482 g/mol. The van der Waals surface area contributed by atoms with Crippen molar-refractivity contribution in [3.05, 3.63) is 76.8 Å². The highest BCUT2D eigenvalue weighted by Gasteiger charge is 2.21. The molecule has 36 heavy (non-hydrogen) atoms. The van der Waals surface area contributed by atoms with E-state index < -0.39 is 18.0 Å². The number of aliphatic hydroxyl groups excluding tert-OH is 1. The van der Waals surface area contributed by atoms with Gasteiger partial charge in [0, 0.05) is 23.3 Å². The number of ether oxygens (including phenoxy) is 2. The molecule has 0 amide bonds. The van der Waals surface area contributed by atoms with Crippen LogP contribution in [0.1, 0.15) is 33.1 Å². The number of carbonyl (C=O) groups is 3. The molecule has 2 aliphatic rings. The quantitative estimate of drug-likeness (QED) is 0.205. The van der Waals surface area contributed by atoms with Crippen molar-refractivity contribution in [3.63, 3.8) is 0 Å². The van der Waals surface area contributed by atoms with Gasteiger partial charge < -0.3 is 19.4 Å². The van der Waals surface area contributed by atoms with Gasteiger partial charge in [0.05, 0.1) is 0 Å². The van der Waals surface area contributed by atoms with Gasteiger partial charge in [0.1, 0.15) is 30.8 Å². The lowest BCUT2D eigenvalue weighted by Crippen LogP contribution is -2.25. The summed E-state index contributed by atoms with van der Waals surface area (Å²) < 4.78 is 10.7. The number of aliphatic hydroxyl groups is 1. The highest BCUT2D eigenvalue weighted by atomic mass is 32.2. The summed E-state index contributed by atoms with van der Waals surface area (Å²) in [6.07, 6.45) is 10.2. The SMILES string of the molecule is CC(=O)O/N=C(\C)C(=O)C1=CCC(SC2=CC=C(C(=O)OCC(O)COc3ccccc3)CC2)C=C1. The fraction of sp³-hybridized carbons (Fsp3) is 0.333. The molecular formula is C27H29NO7S. The first-order valence-corrected chi connectivity index (χ1v) is 12.4. The first-order valence-electron chi connectivity index (χ1n) is 11.6. The maximum atomic E-state index is 12.4. The number of rotatable bonds is 11. The van der Waals surface area contributed by atoms with Crippen LogP contribution in [0.3, 0.4) is 0 Å². The molecule has 2 unspecified atom stereocenters. The van der Waals surface area contributed by atoms with E-state index in [1.54, 1.807) is 36.0 Å². The molecule has 9 heteroatoms. The molecule has 0 saturated heterocycles. The number of Topliss-reactive ketones (excluding diaryl/α,β-unsaturated/α-hetero) is 1. The number of hydrogen-bond donors (Lipinski definition) is 1. The zero-order valence-corrected chi connectivity index (χ0v) is 21.0. The van der Waals surface area contributed by atoms with Gasteiger partial charge in [-0.2, -0.15) is 0 Å². The summed E-state index contributed by atoms with van der Waals surface area (Å²) in [5, 5.41) is 13.7. The number of para-hydroxylation sites is 1. The molecule has 8 nitrogen and oxygen atoms in total. The number of hydrogen-bond acceptors (Lipinski definition) is 9. The molecule has 0 bridgehead atoms. The summed E-state index contributed by atoms with van der Waals surface area (Å²) in [6.45, 7) is 2.62. The zero-order valence-electron chi connectivity index (χ0n) is 20.2. The van der Waals surface area contributed by atoms with Crippen LogP contribution in [0.15, 0.2) is 81.9 Å². The van der Waals surface area contributed by atoms with E-state index in [0.717, 1.165) is 4.91 Å². The van der Waals surface area contributed by atoms with E-state index in [9.17, 15) is 19.5 Å². The molecule has 0 spiro atoms. The highest BCUT2D eigenvalue weighted by molar-refractivity contribution is 8.03. The lowest BCUT2D eigenvalue weighted by Gasteiger charge is -2.19. The fourth-order valence-corrected chi connectivity index (χ4v) is 4.45. The smallest absolute Gasteiger partial charge is 0.334 e. The van der Waals surface area contributed by atoms with Gasteiger partial charge in [-0.25, -0.2) is 9.59 Å². The average Bonchev–Trinajstić information content (AvgIpc) is 2.90. The third-order valence-electron chi connectivity index (χ3n) is 5.23. The van der Waals surface area contributed by atoms with Crippen molar-refractivity contribution in [2.24, 2.45) is 5.16 Å². The number of benzene rings is 1. The van der Waals surface area contributed by atoms with Gasteiger partial charge >= 0.3 is 11.9 Å². The van der Waals surface area contributed by atoms with Crippen LogP contribution in [0.25, 0.3) is 0 Å². The summed E-state index contributed by atoms with van der Waals surface area (Å²) >= 11 is 1.68. The number of allylic oxidation sites excluding steroid dienone is 6. The third-order valence-corrected chi connectivity index (χ3v) is 6.53. The third kappa shape index (κ3) is 8.66. The van der Waals surface area contributed by atoms with Gasteiger partial charge in [0.15, 0.2) is 0 Å². The van der Waals surface area contributed by atoms with E-state index >= 15 is 0 Å². The Morgan fingerprint density at radius 1 is 1.11 bits per heavy atom. The minimum absolute atomic E-state index is 0.0340. The second-order valence-corrected chi connectivity index (χ2v) is 9.57. The van der Waals surface area contributed by atoms with Crippen molar-refractivity contribution in [2.45, 2.75) is 44.5 Å². The molecule has 0 heterocycles. The van der Waals surface area contributed by atoms with Crippen LogP contribution >= 0.6 is 11.8 Å². The monoisotopic (exact) mass is 511 g/mol. The fourth-order valence-electron chi connectivity index (χ4n) is 3.34. The Bertz CT molecular complexity index is 1120. The van der Waals surface area contributed by atoms with Crippen LogP contribution in [0.4, 0.5) is 0 Å². The topological polar surface area (TPSA) is 111 Å². The Balaban J connectivity index is 1.42. The molecule has 2 aliphatic carbocycles. The Kier molecular flexibility index (Phi) is 10.3. The van der Waals surface area contributed by atoms with Crippen LogP contribution in [-0.4, -0.2) is 53.1 Å². The second kappa shape index (κ2) is 13.6. The van der Waals surface area contributed by atoms with Crippen LogP contribution in [0.2, 0.25) is 0 Å². The van der Waals surface area contributed by atoms with Crippen molar-refractivity contribution < 1.29 is 33.8 Å². The lowest BCUT2D eigenvalue weighted by molar-refractivity contribution is -0.143. The number of carbonyl (C=O) groups excluding carboxylic acids is 3. The van der Waals surface area contributed by atoms with Crippen molar-refractivity contribution in [3.8, 4) is 5.75 Å². The summed E-state index contributed by atoms with van der Waals surface area (Å²) in [7, 11) is 0. The first-order chi connectivity index (χ1) is 17.3. The molecule has 1 aromatic rings. The number of ketones is 1. The van der Waals surface area contributed by atoms with Crippen molar-refractivity contribution in [1.29, 1.82) is 0 Å². The van der Waals surface area contributed by atoms with E-state index in [-0.39, 0.29) is 30.0 Å². The predicted octanol–water partition coefficient (Wildman–Crippen LogP) is 4.07. The molecule has 0 aromatic heterocycles. The highest BCUT2D eigenvalue weighted by Crippen LogP contribution is 2.34. The van der Waals surface area contributed by atoms with Gasteiger partial charge in [-0.1, -0.05) is 53.7 Å². The van der Waals surface area contributed by atoms with Crippen LogP contribution in [0, 0.1) is 0 Å². The minimum atomic E-state index is -0.917. The summed E-state index contributed by atoms with van der Waals surface area (Å²) in [6, 6.07) is 9.12. The summed E-state index contributed by atoms with van der Waals surface area (Å²) in [5.74, 6) is -0.662. The standard InChI is InChI=1S/C27H29NO7S/c1-18(28-35-19(2)29)26(31)20-8-12-24(13-9-20)36-25-14-10-21(11-15-25)27(32)34-17-22(30)16-33-23-6-4-3-5-7-23/h3-10,12,14,22,24,30H,11,13,15-17H2,1-2H3/b28-18+. The van der Waals surface area contributed by atoms with E-state index in [4.69, 9.17) is 9.47 Å². The minimum Gasteiger partial charge on any atom is -0.491 e. The van der Waals surface area contributed by atoms with Crippen molar-refractivity contribution >= 4 is 35.2 Å². The zero-order chi connectivity index (χ0) is 25.9. The molecule has 0 aliphatic heterocycles. The molecule has 3 rings (SSSR count). The Morgan fingerprint density at radius 3 is 2.53 bits per heavy atom. The lowest BCUT2D eigenvalue weighted by atomic mass is 10.0. The van der Waals surface area contributed by atoms with Gasteiger partial charge in [-0.15, -0.1) is 11.8 Å². The van der Waals surface area contributed by atoms with Crippen molar-refractivity contribution in [2.75, 3.05) is 13.2 Å².